The number of benzene rings is 1. The molecule has 0 saturated heterocycles. The van der Waals surface area contributed by atoms with Gasteiger partial charge < -0.3 is 0 Å². The molecule has 1 rings (SSSR count). The number of hydrogen-bond acceptors (Lipinski definition) is 2. The van der Waals surface area contributed by atoms with Crippen molar-refractivity contribution < 1.29 is 4.79 Å². The first kappa shape index (κ1) is 13.7. The van der Waals surface area contributed by atoms with Gasteiger partial charge in [-0.25, -0.2) is 0 Å². The molecular formula is C11H14ClIN2O. The molecule has 1 amide bonds. The summed E-state index contributed by atoms with van der Waals surface area (Å²) in [4.78, 5) is 11.8. The van der Waals surface area contributed by atoms with Crippen LogP contribution in [-0.4, -0.2) is 16.0 Å². The summed E-state index contributed by atoms with van der Waals surface area (Å²) >= 11 is 8.12. The highest BCUT2D eigenvalue weighted by Crippen LogP contribution is 2.13. The van der Waals surface area contributed by atoms with Gasteiger partial charge in [-0.2, -0.15) is 0 Å². The number of carbonyl (C=O) groups excluding carboxylic acids is 1. The Kier molecular flexibility index (Phi) is 4.58. The van der Waals surface area contributed by atoms with Gasteiger partial charge in [-0.05, 0) is 67.6 Å². The second-order valence-corrected chi connectivity index (χ2v) is 5.98. The van der Waals surface area contributed by atoms with E-state index in [1.54, 1.807) is 12.1 Å². The van der Waals surface area contributed by atoms with Crippen LogP contribution in [0.25, 0.3) is 0 Å². The van der Waals surface area contributed by atoms with Crippen molar-refractivity contribution in [2.24, 2.45) is 0 Å². The first-order valence-electron chi connectivity index (χ1n) is 4.83. The minimum absolute atomic E-state index is 0.207. The van der Waals surface area contributed by atoms with Gasteiger partial charge in [0, 0.05) is 26.4 Å². The summed E-state index contributed by atoms with van der Waals surface area (Å²) in [7, 11) is 0. The molecule has 1 N–H and O–H groups in total. The van der Waals surface area contributed by atoms with Crippen molar-refractivity contribution in [1.29, 1.82) is 0 Å². The number of nitrogens with one attached hydrogen (secondary N) is 1. The predicted molar refractivity (Wildman–Crippen MR) is 74.1 cm³/mol. The van der Waals surface area contributed by atoms with E-state index in [9.17, 15) is 4.79 Å². The SMILES string of the molecule is CC(C)(C)N(Cl)NC(=O)c1ccc(I)cc1. The van der Waals surface area contributed by atoms with Crippen LogP contribution >= 0.6 is 34.4 Å². The van der Waals surface area contributed by atoms with E-state index >= 15 is 0 Å². The van der Waals surface area contributed by atoms with Crippen LogP contribution in [0.5, 0.6) is 0 Å². The monoisotopic (exact) mass is 352 g/mol. The molecule has 0 fully saturated rings. The van der Waals surface area contributed by atoms with E-state index in [1.807, 2.05) is 32.9 Å². The van der Waals surface area contributed by atoms with Gasteiger partial charge in [-0.3, -0.25) is 10.2 Å². The summed E-state index contributed by atoms with van der Waals surface area (Å²) in [5.41, 5.74) is 2.89. The minimum atomic E-state index is -0.319. The molecule has 5 heteroatoms. The van der Waals surface area contributed by atoms with Crippen molar-refractivity contribution in [3.8, 4) is 0 Å². The van der Waals surface area contributed by atoms with Crippen LogP contribution in [0.15, 0.2) is 24.3 Å². The van der Waals surface area contributed by atoms with Gasteiger partial charge in [0.2, 0.25) is 0 Å². The standard InChI is InChI=1S/C11H14ClIN2O/c1-11(2,3)15(12)14-10(16)8-4-6-9(13)7-5-8/h4-7H,1-3H3,(H,14,16). The van der Waals surface area contributed by atoms with Crippen LogP contribution in [0.1, 0.15) is 31.1 Å². The quantitative estimate of drug-likeness (QED) is 0.504. The van der Waals surface area contributed by atoms with Gasteiger partial charge in [0.25, 0.3) is 5.91 Å². The first-order chi connectivity index (χ1) is 7.30. The summed E-state index contributed by atoms with van der Waals surface area (Å²) in [6, 6.07) is 7.30. The normalized spacial score (nSPS) is 11.6. The van der Waals surface area contributed by atoms with Crippen molar-refractivity contribution in [1.82, 2.24) is 9.95 Å². The van der Waals surface area contributed by atoms with Crippen LogP contribution in [0.4, 0.5) is 0 Å². The molecule has 1 aromatic carbocycles. The van der Waals surface area contributed by atoms with Crippen molar-refractivity contribution in [2.75, 3.05) is 0 Å². The Balaban J connectivity index is 2.70. The third-order valence-electron chi connectivity index (χ3n) is 1.90. The number of nitrogens with zero attached hydrogens (tertiary/aromatic N) is 1. The zero-order valence-electron chi connectivity index (χ0n) is 9.42. The summed E-state index contributed by atoms with van der Waals surface area (Å²) < 4.78 is 2.38. The second-order valence-electron chi connectivity index (χ2n) is 4.40. The van der Waals surface area contributed by atoms with E-state index in [-0.39, 0.29) is 11.4 Å². The molecule has 0 atom stereocenters. The molecule has 0 aliphatic carbocycles. The lowest BCUT2D eigenvalue weighted by atomic mass is 10.1. The van der Waals surface area contributed by atoms with Gasteiger partial charge in [-0.1, -0.05) is 0 Å². The van der Waals surface area contributed by atoms with Crippen molar-refractivity contribution in [2.45, 2.75) is 26.3 Å². The fraction of sp³-hybridized carbons (Fsp3) is 0.364. The van der Waals surface area contributed by atoms with Gasteiger partial charge in [0.15, 0.2) is 0 Å². The smallest absolute Gasteiger partial charge is 0.266 e. The van der Waals surface area contributed by atoms with E-state index in [0.29, 0.717) is 5.56 Å². The zero-order valence-corrected chi connectivity index (χ0v) is 12.3. The highest BCUT2D eigenvalue weighted by molar-refractivity contribution is 14.1. The van der Waals surface area contributed by atoms with Crippen molar-refractivity contribution in [3.63, 3.8) is 0 Å². The van der Waals surface area contributed by atoms with Crippen LogP contribution in [-0.2, 0) is 0 Å². The third-order valence-corrected chi connectivity index (χ3v) is 3.21. The third kappa shape index (κ3) is 3.92. The number of hydrogen-bond donors (Lipinski definition) is 1. The molecule has 0 bridgehead atoms. The maximum Gasteiger partial charge on any atom is 0.266 e. The van der Waals surface area contributed by atoms with Crippen molar-refractivity contribution >= 4 is 40.3 Å². The van der Waals surface area contributed by atoms with E-state index in [4.69, 9.17) is 11.8 Å². The molecule has 16 heavy (non-hydrogen) atoms. The molecule has 3 nitrogen and oxygen atoms in total. The molecule has 1 aromatic rings. The molecular weight excluding hydrogens is 338 g/mol. The largest absolute Gasteiger partial charge is 0.270 e. The number of halogens is 2. The molecule has 0 radical (unpaired) electrons. The summed E-state index contributed by atoms with van der Waals surface area (Å²) in [6.45, 7) is 5.73. The van der Waals surface area contributed by atoms with Gasteiger partial charge in [0.05, 0.1) is 0 Å². The average molecular weight is 353 g/mol. The lowest BCUT2D eigenvalue weighted by Gasteiger charge is -2.28. The van der Waals surface area contributed by atoms with Gasteiger partial charge in [-0.15, -0.1) is 4.53 Å². The van der Waals surface area contributed by atoms with E-state index in [1.165, 1.54) is 4.53 Å². The van der Waals surface area contributed by atoms with Gasteiger partial charge in [0.1, 0.15) is 0 Å². The average Bonchev–Trinajstić information content (AvgIpc) is 2.17. The van der Waals surface area contributed by atoms with E-state index in [0.717, 1.165) is 3.57 Å². The lowest BCUT2D eigenvalue weighted by molar-refractivity contribution is 0.0806. The predicted octanol–water partition coefficient (Wildman–Crippen LogP) is 3.19. The van der Waals surface area contributed by atoms with Crippen LogP contribution in [0.3, 0.4) is 0 Å². The topological polar surface area (TPSA) is 32.3 Å². The molecule has 0 aliphatic rings. The van der Waals surface area contributed by atoms with Crippen LogP contribution in [0.2, 0.25) is 0 Å². The van der Waals surface area contributed by atoms with E-state index < -0.39 is 0 Å². The highest BCUT2D eigenvalue weighted by Gasteiger charge is 2.21. The summed E-state index contributed by atoms with van der Waals surface area (Å²) in [5.74, 6) is -0.207. The summed E-state index contributed by atoms with van der Waals surface area (Å²) in [5, 5.41) is 0. The van der Waals surface area contributed by atoms with E-state index in [2.05, 4.69) is 28.0 Å². The molecule has 0 spiro atoms. The number of carbonyl (C=O) groups is 1. The number of amides is 1. The Morgan fingerprint density at radius 2 is 1.81 bits per heavy atom. The molecule has 0 aromatic heterocycles. The lowest BCUT2D eigenvalue weighted by Crippen LogP contribution is -2.46. The maximum absolute atomic E-state index is 11.8. The molecule has 0 unspecified atom stereocenters. The summed E-state index contributed by atoms with van der Waals surface area (Å²) in [6.07, 6.45) is 0. The molecule has 0 aliphatic heterocycles. The number of hydrazine groups is 1. The molecule has 0 heterocycles. The Bertz CT molecular complexity index is 373. The first-order valence-corrected chi connectivity index (χ1v) is 6.25. The Labute approximate surface area is 114 Å². The number of rotatable bonds is 2. The fourth-order valence-electron chi connectivity index (χ4n) is 0.923. The van der Waals surface area contributed by atoms with Gasteiger partial charge >= 0.3 is 0 Å². The maximum atomic E-state index is 11.8. The molecule has 88 valence electrons. The fourth-order valence-corrected chi connectivity index (χ4v) is 1.36. The minimum Gasteiger partial charge on any atom is -0.270 e. The van der Waals surface area contributed by atoms with Crippen LogP contribution in [0, 0.1) is 3.57 Å². The molecule has 0 saturated carbocycles. The Hall–Kier alpha value is -0.330. The van der Waals surface area contributed by atoms with Crippen LogP contribution < -0.4 is 5.43 Å². The second kappa shape index (κ2) is 5.33. The van der Waals surface area contributed by atoms with Crippen molar-refractivity contribution in [3.05, 3.63) is 33.4 Å². The zero-order chi connectivity index (χ0) is 12.3. The Morgan fingerprint density at radius 1 is 1.31 bits per heavy atom. The Morgan fingerprint density at radius 3 is 2.25 bits per heavy atom. The highest BCUT2D eigenvalue weighted by atomic mass is 127.